The molecule has 2 N–H and O–H groups in total. The van der Waals surface area contributed by atoms with Gasteiger partial charge in [-0.2, -0.15) is 0 Å². The first-order valence-electron chi connectivity index (χ1n) is 4.68. The Labute approximate surface area is 82.6 Å². The van der Waals surface area contributed by atoms with E-state index in [2.05, 4.69) is 23.7 Å². The fourth-order valence-electron chi connectivity index (χ4n) is 1.84. The van der Waals surface area contributed by atoms with E-state index in [9.17, 15) is 5.11 Å². The first-order chi connectivity index (χ1) is 6.25. The summed E-state index contributed by atoms with van der Waals surface area (Å²) < 4.78 is 0. The first kappa shape index (κ1) is 9.19. The van der Waals surface area contributed by atoms with E-state index in [1.165, 1.54) is 10.4 Å². The molecular formula is C10H15NOS. The summed E-state index contributed by atoms with van der Waals surface area (Å²) in [5.74, 6) is 0.411. The predicted molar refractivity (Wildman–Crippen MR) is 55.1 cm³/mol. The van der Waals surface area contributed by atoms with Crippen molar-refractivity contribution < 1.29 is 5.11 Å². The van der Waals surface area contributed by atoms with Crippen LogP contribution >= 0.6 is 11.3 Å². The molecule has 2 atom stereocenters. The van der Waals surface area contributed by atoms with Gasteiger partial charge in [-0.05, 0) is 30.4 Å². The van der Waals surface area contributed by atoms with Crippen molar-refractivity contribution in [2.24, 2.45) is 5.92 Å². The van der Waals surface area contributed by atoms with Crippen LogP contribution < -0.4 is 5.32 Å². The number of hydrogen-bond donors (Lipinski definition) is 2. The van der Waals surface area contributed by atoms with Gasteiger partial charge >= 0.3 is 0 Å². The molecule has 2 heterocycles. The lowest BCUT2D eigenvalue weighted by Crippen LogP contribution is -2.19. The molecule has 1 aromatic heterocycles. The molecule has 3 heteroatoms. The van der Waals surface area contributed by atoms with Gasteiger partial charge in [0.15, 0.2) is 0 Å². The van der Waals surface area contributed by atoms with Crippen molar-refractivity contribution in [1.29, 1.82) is 0 Å². The van der Waals surface area contributed by atoms with E-state index in [4.69, 9.17) is 0 Å². The molecule has 13 heavy (non-hydrogen) atoms. The zero-order valence-electron chi connectivity index (χ0n) is 7.79. The molecule has 72 valence electrons. The number of β-amino-alcohol motifs (C(OH)–C–C–N with tert-alkyl or cyclic N) is 1. The minimum atomic E-state index is -0.153. The maximum atomic E-state index is 9.60. The van der Waals surface area contributed by atoms with Crippen LogP contribution in [-0.4, -0.2) is 24.3 Å². The molecule has 1 aliphatic rings. The molecule has 0 aromatic carbocycles. The number of aryl methyl sites for hydroxylation is 1. The normalized spacial score (nSPS) is 28.2. The zero-order chi connectivity index (χ0) is 9.26. The summed E-state index contributed by atoms with van der Waals surface area (Å²) in [6.07, 6.45) is 0.860. The van der Waals surface area contributed by atoms with E-state index in [-0.39, 0.29) is 6.10 Å². The van der Waals surface area contributed by atoms with Gasteiger partial charge < -0.3 is 10.4 Å². The Balaban J connectivity index is 1.97. The third-order valence-corrected chi connectivity index (χ3v) is 3.50. The third-order valence-electron chi connectivity index (χ3n) is 2.59. The Hall–Kier alpha value is -0.380. The van der Waals surface area contributed by atoms with Gasteiger partial charge in [-0.25, -0.2) is 0 Å². The maximum absolute atomic E-state index is 9.60. The highest BCUT2D eigenvalue weighted by atomic mass is 32.1. The van der Waals surface area contributed by atoms with Gasteiger partial charge in [0, 0.05) is 23.9 Å². The molecule has 1 aromatic rings. The van der Waals surface area contributed by atoms with Crippen LogP contribution in [0.1, 0.15) is 10.4 Å². The van der Waals surface area contributed by atoms with E-state index in [0.29, 0.717) is 5.92 Å². The van der Waals surface area contributed by atoms with Crippen LogP contribution in [0.15, 0.2) is 11.4 Å². The van der Waals surface area contributed by atoms with Crippen LogP contribution in [0.2, 0.25) is 0 Å². The predicted octanol–water partition coefficient (Wildman–Crippen LogP) is 1.18. The largest absolute Gasteiger partial charge is 0.391 e. The van der Waals surface area contributed by atoms with Gasteiger partial charge in [-0.1, -0.05) is 0 Å². The Morgan fingerprint density at radius 2 is 2.46 bits per heavy atom. The van der Waals surface area contributed by atoms with Crippen molar-refractivity contribution in [3.05, 3.63) is 21.9 Å². The molecule has 0 spiro atoms. The molecule has 0 radical (unpaired) electrons. The van der Waals surface area contributed by atoms with Gasteiger partial charge in [0.05, 0.1) is 6.10 Å². The minimum absolute atomic E-state index is 0.153. The summed E-state index contributed by atoms with van der Waals surface area (Å²) in [7, 11) is 0. The molecule has 0 bridgehead atoms. The SMILES string of the molecule is Cc1cc(CC2CNCC2O)cs1. The standard InChI is InChI=1S/C10H15NOS/c1-7-2-8(6-13-7)3-9-4-11-5-10(9)12/h2,6,9-12H,3-5H2,1H3. The minimum Gasteiger partial charge on any atom is -0.391 e. The Morgan fingerprint density at radius 3 is 3.00 bits per heavy atom. The molecule has 0 saturated carbocycles. The van der Waals surface area contributed by atoms with Crippen molar-refractivity contribution in [2.45, 2.75) is 19.4 Å². The molecule has 0 amide bonds. The second-order valence-electron chi connectivity index (χ2n) is 3.76. The second-order valence-corrected chi connectivity index (χ2v) is 4.87. The van der Waals surface area contributed by atoms with Crippen molar-refractivity contribution in [3.63, 3.8) is 0 Å². The van der Waals surface area contributed by atoms with Crippen molar-refractivity contribution in [2.75, 3.05) is 13.1 Å². The van der Waals surface area contributed by atoms with Gasteiger partial charge in [0.2, 0.25) is 0 Å². The fourth-order valence-corrected chi connectivity index (χ4v) is 2.56. The number of aliphatic hydroxyl groups excluding tert-OH is 1. The van der Waals surface area contributed by atoms with Crippen LogP contribution in [-0.2, 0) is 6.42 Å². The molecule has 1 fully saturated rings. The number of aliphatic hydroxyl groups is 1. The summed E-state index contributed by atoms with van der Waals surface area (Å²) in [6.45, 7) is 3.83. The number of hydrogen-bond acceptors (Lipinski definition) is 3. The molecular weight excluding hydrogens is 182 g/mol. The molecule has 1 aliphatic heterocycles. The summed E-state index contributed by atoms with van der Waals surface area (Å²) in [4.78, 5) is 1.36. The summed E-state index contributed by atoms with van der Waals surface area (Å²) >= 11 is 1.79. The number of nitrogens with one attached hydrogen (secondary N) is 1. The highest BCUT2D eigenvalue weighted by Gasteiger charge is 2.24. The molecule has 2 unspecified atom stereocenters. The smallest absolute Gasteiger partial charge is 0.0708 e. The third kappa shape index (κ3) is 2.10. The van der Waals surface area contributed by atoms with Crippen molar-refractivity contribution in [3.8, 4) is 0 Å². The Kier molecular flexibility index (Phi) is 2.67. The highest BCUT2D eigenvalue weighted by molar-refractivity contribution is 7.10. The van der Waals surface area contributed by atoms with Crippen LogP contribution in [0.25, 0.3) is 0 Å². The Morgan fingerprint density at radius 1 is 1.62 bits per heavy atom. The van der Waals surface area contributed by atoms with Gasteiger partial charge in [0.25, 0.3) is 0 Å². The van der Waals surface area contributed by atoms with E-state index < -0.39 is 0 Å². The van der Waals surface area contributed by atoms with Gasteiger partial charge in [-0.15, -0.1) is 11.3 Å². The zero-order valence-corrected chi connectivity index (χ0v) is 8.60. The van der Waals surface area contributed by atoms with Crippen LogP contribution in [0.3, 0.4) is 0 Å². The van der Waals surface area contributed by atoms with E-state index >= 15 is 0 Å². The quantitative estimate of drug-likeness (QED) is 0.746. The van der Waals surface area contributed by atoms with E-state index in [1.54, 1.807) is 11.3 Å². The summed E-state index contributed by atoms with van der Waals surface area (Å²) in [6, 6.07) is 2.22. The average Bonchev–Trinajstić information content (AvgIpc) is 2.64. The maximum Gasteiger partial charge on any atom is 0.0708 e. The lowest BCUT2D eigenvalue weighted by Gasteiger charge is -2.11. The summed E-state index contributed by atoms with van der Waals surface area (Å²) in [5.41, 5.74) is 1.37. The average molecular weight is 197 g/mol. The number of rotatable bonds is 2. The topological polar surface area (TPSA) is 32.3 Å². The second kappa shape index (κ2) is 3.78. The lowest BCUT2D eigenvalue weighted by molar-refractivity contribution is 0.148. The van der Waals surface area contributed by atoms with Crippen LogP contribution in [0, 0.1) is 12.8 Å². The molecule has 1 saturated heterocycles. The molecule has 2 nitrogen and oxygen atoms in total. The fraction of sp³-hybridized carbons (Fsp3) is 0.600. The summed E-state index contributed by atoms with van der Waals surface area (Å²) in [5, 5.41) is 15.0. The molecule has 2 rings (SSSR count). The number of thiophene rings is 1. The van der Waals surface area contributed by atoms with Crippen molar-refractivity contribution >= 4 is 11.3 Å². The monoisotopic (exact) mass is 197 g/mol. The van der Waals surface area contributed by atoms with Crippen LogP contribution in [0.4, 0.5) is 0 Å². The Bertz CT molecular complexity index is 284. The highest BCUT2D eigenvalue weighted by Crippen LogP contribution is 2.20. The first-order valence-corrected chi connectivity index (χ1v) is 5.56. The van der Waals surface area contributed by atoms with E-state index in [1.807, 2.05) is 0 Å². The van der Waals surface area contributed by atoms with Crippen LogP contribution in [0.5, 0.6) is 0 Å². The van der Waals surface area contributed by atoms with Crippen molar-refractivity contribution in [1.82, 2.24) is 5.32 Å². The lowest BCUT2D eigenvalue weighted by atomic mass is 9.98. The molecule has 0 aliphatic carbocycles. The van der Waals surface area contributed by atoms with E-state index in [0.717, 1.165) is 19.5 Å². The van der Waals surface area contributed by atoms with Gasteiger partial charge in [-0.3, -0.25) is 0 Å². The van der Waals surface area contributed by atoms with Gasteiger partial charge in [0.1, 0.15) is 0 Å².